The fraction of sp³-hybridized carbons (Fsp3) is 0.533. The molecule has 1 saturated heterocycles. The number of nitrogens with one attached hydrogen (secondary N) is 2. The number of rotatable bonds is 5. The van der Waals surface area contributed by atoms with Crippen molar-refractivity contribution in [2.45, 2.75) is 32.7 Å². The number of anilines is 1. The Bertz CT molecular complexity index is 626. The molecule has 1 unspecified atom stereocenters. The Morgan fingerprint density at radius 2 is 2.14 bits per heavy atom. The second-order valence-corrected chi connectivity index (χ2v) is 7.78. The van der Waals surface area contributed by atoms with E-state index in [2.05, 4.69) is 17.6 Å². The molecule has 1 heterocycles. The number of benzene rings is 1. The largest absolute Gasteiger partial charge is 0.384 e. The third kappa shape index (κ3) is 4.20. The number of aryl methyl sites for hydroxylation is 1. The van der Waals surface area contributed by atoms with Crippen molar-refractivity contribution in [1.82, 2.24) is 5.32 Å². The summed E-state index contributed by atoms with van der Waals surface area (Å²) in [6.45, 7) is 4.83. The van der Waals surface area contributed by atoms with Gasteiger partial charge in [0, 0.05) is 18.3 Å². The fourth-order valence-electron chi connectivity index (χ4n) is 2.43. The minimum absolute atomic E-state index is 0.0440. The Morgan fingerprint density at radius 3 is 2.76 bits per heavy atom. The minimum atomic E-state index is -2.98. The highest BCUT2D eigenvalue weighted by molar-refractivity contribution is 7.91. The zero-order valence-corrected chi connectivity index (χ0v) is 13.3. The third-order valence-electron chi connectivity index (χ3n) is 3.55. The van der Waals surface area contributed by atoms with E-state index in [1.807, 2.05) is 19.1 Å². The average Bonchev–Trinajstić information content (AvgIpc) is 2.75. The first-order chi connectivity index (χ1) is 9.91. The van der Waals surface area contributed by atoms with Crippen LogP contribution >= 0.6 is 0 Å². The SMILES string of the molecule is CCCNc1cc(C)ccc1C(=O)NC1CCS(=O)(=O)C1. The summed E-state index contributed by atoms with van der Waals surface area (Å²) in [5, 5.41) is 6.08. The molecule has 6 heteroatoms. The molecular formula is C15H22N2O3S. The fourth-order valence-corrected chi connectivity index (χ4v) is 4.11. The average molecular weight is 310 g/mol. The number of hydrogen-bond acceptors (Lipinski definition) is 4. The first kappa shape index (κ1) is 15.8. The monoisotopic (exact) mass is 310 g/mol. The molecule has 1 amide bonds. The molecule has 0 bridgehead atoms. The van der Waals surface area contributed by atoms with Gasteiger partial charge in [0.25, 0.3) is 5.91 Å². The normalized spacial score (nSPS) is 20.2. The van der Waals surface area contributed by atoms with Crippen LogP contribution in [0.5, 0.6) is 0 Å². The van der Waals surface area contributed by atoms with E-state index in [9.17, 15) is 13.2 Å². The topological polar surface area (TPSA) is 75.3 Å². The van der Waals surface area contributed by atoms with Crippen molar-refractivity contribution >= 4 is 21.4 Å². The van der Waals surface area contributed by atoms with Crippen LogP contribution in [0.2, 0.25) is 0 Å². The van der Waals surface area contributed by atoms with Gasteiger partial charge in [0.15, 0.2) is 9.84 Å². The van der Waals surface area contributed by atoms with Gasteiger partial charge in [-0.15, -0.1) is 0 Å². The third-order valence-corrected chi connectivity index (χ3v) is 5.32. The molecule has 1 aliphatic heterocycles. The molecule has 1 fully saturated rings. The number of hydrogen-bond donors (Lipinski definition) is 2. The number of sulfone groups is 1. The van der Waals surface area contributed by atoms with Crippen molar-refractivity contribution in [3.63, 3.8) is 0 Å². The van der Waals surface area contributed by atoms with Gasteiger partial charge in [-0.25, -0.2) is 8.42 Å². The van der Waals surface area contributed by atoms with E-state index in [0.29, 0.717) is 12.0 Å². The molecule has 0 aromatic heterocycles. The summed E-state index contributed by atoms with van der Waals surface area (Å²) in [6.07, 6.45) is 1.47. The van der Waals surface area contributed by atoms with Crippen molar-refractivity contribution in [2.75, 3.05) is 23.4 Å². The maximum Gasteiger partial charge on any atom is 0.253 e. The van der Waals surface area contributed by atoms with E-state index in [0.717, 1.165) is 24.2 Å². The van der Waals surface area contributed by atoms with E-state index >= 15 is 0 Å². The Morgan fingerprint density at radius 1 is 1.38 bits per heavy atom. The summed E-state index contributed by atoms with van der Waals surface area (Å²) in [5.74, 6) is -0.00883. The minimum Gasteiger partial charge on any atom is -0.384 e. The standard InChI is InChI=1S/C15H22N2O3S/c1-3-7-16-14-9-11(2)4-5-13(14)15(18)17-12-6-8-21(19,20)10-12/h4-5,9,12,16H,3,6-8,10H2,1-2H3,(H,17,18). The molecule has 0 saturated carbocycles. The van der Waals surface area contributed by atoms with Crippen LogP contribution < -0.4 is 10.6 Å². The van der Waals surface area contributed by atoms with E-state index in [4.69, 9.17) is 0 Å². The molecule has 1 aliphatic rings. The van der Waals surface area contributed by atoms with Gasteiger partial charge in [0.2, 0.25) is 0 Å². The number of carbonyl (C=O) groups excluding carboxylic acids is 1. The lowest BCUT2D eigenvalue weighted by atomic mass is 10.1. The molecular weight excluding hydrogens is 288 g/mol. The maximum absolute atomic E-state index is 12.4. The molecule has 21 heavy (non-hydrogen) atoms. The van der Waals surface area contributed by atoms with Crippen LogP contribution in [-0.2, 0) is 9.84 Å². The maximum atomic E-state index is 12.4. The van der Waals surface area contributed by atoms with E-state index in [-0.39, 0.29) is 23.5 Å². The quantitative estimate of drug-likeness (QED) is 0.868. The van der Waals surface area contributed by atoms with Crippen molar-refractivity contribution in [2.24, 2.45) is 0 Å². The predicted octanol–water partition coefficient (Wildman–Crippen LogP) is 1.73. The van der Waals surface area contributed by atoms with Crippen molar-refractivity contribution in [3.8, 4) is 0 Å². The van der Waals surface area contributed by atoms with E-state index in [1.165, 1.54) is 0 Å². The van der Waals surface area contributed by atoms with Gasteiger partial charge >= 0.3 is 0 Å². The van der Waals surface area contributed by atoms with E-state index in [1.54, 1.807) is 6.07 Å². The molecule has 116 valence electrons. The molecule has 2 N–H and O–H groups in total. The molecule has 0 spiro atoms. The van der Waals surface area contributed by atoms with Gasteiger partial charge in [0.05, 0.1) is 17.1 Å². The second-order valence-electron chi connectivity index (χ2n) is 5.55. The van der Waals surface area contributed by atoms with Crippen molar-refractivity contribution < 1.29 is 13.2 Å². The van der Waals surface area contributed by atoms with Gasteiger partial charge in [0.1, 0.15) is 0 Å². The van der Waals surface area contributed by atoms with Crippen LogP contribution in [0.15, 0.2) is 18.2 Å². The van der Waals surface area contributed by atoms with Gasteiger partial charge in [-0.1, -0.05) is 13.0 Å². The van der Waals surface area contributed by atoms with Gasteiger partial charge in [-0.05, 0) is 37.5 Å². The first-order valence-electron chi connectivity index (χ1n) is 7.27. The van der Waals surface area contributed by atoms with Crippen LogP contribution in [0.4, 0.5) is 5.69 Å². The molecule has 1 aromatic rings. The molecule has 1 aromatic carbocycles. The molecule has 1 atom stereocenters. The number of amides is 1. The Balaban J connectivity index is 2.11. The highest BCUT2D eigenvalue weighted by Crippen LogP contribution is 2.19. The lowest BCUT2D eigenvalue weighted by molar-refractivity contribution is 0.0942. The molecule has 0 aliphatic carbocycles. The zero-order valence-electron chi connectivity index (χ0n) is 12.5. The summed E-state index contributed by atoms with van der Waals surface area (Å²) >= 11 is 0. The van der Waals surface area contributed by atoms with Crippen LogP contribution in [0.3, 0.4) is 0 Å². The Labute approximate surface area is 126 Å². The van der Waals surface area contributed by atoms with Gasteiger partial charge in [-0.3, -0.25) is 4.79 Å². The van der Waals surface area contributed by atoms with Gasteiger partial charge < -0.3 is 10.6 Å². The highest BCUT2D eigenvalue weighted by Gasteiger charge is 2.29. The first-order valence-corrected chi connectivity index (χ1v) is 9.09. The highest BCUT2D eigenvalue weighted by atomic mass is 32.2. The van der Waals surface area contributed by atoms with E-state index < -0.39 is 9.84 Å². The second kappa shape index (κ2) is 6.47. The van der Waals surface area contributed by atoms with Crippen LogP contribution in [0.25, 0.3) is 0 Å². The summed E-state index contributed by atoms with van der Waals surface area (Å²) < 4.78 is 22.9. The van der Waals surface area contributed by atoms with Crippen LogP contribution in [-0.4, -0.2) is 38.4 Å². The zero-order chi connectivity index (χ0) is 15.5. The predicted molar refractivity (Wildman–Crippen MR) is 84.5 cm³/mol. The molecule has 5 nitrogen and oxygen atoms in total. The lowest BCUT2D eigenvalue weighted by Gasteiger charge is -2.15. The van der Waals surface area contributed by atoms with Crippen molar-refractivity contribution in [3.05, 3.63) is 29.3 Å². The summed E-state index contributed by atoms with van der Waals surface area (Å²) in [5.41, 5.74) is 2.45. The van der Waals surface area contributed by atoms with Crippen LogP contribution in [0, 0.1) is 6.92 Å². The van der Waals surface area contributed by atoms with Crippen molar-refractivity contribution in [1.29, 1.82) is 0 Å². The number of carbonyl (C=O) groups is 1. The summed E-state index contributed by atoms with van der Waals surface area (Å²) in [7, 11) is -2.98. The summed E-state index contributed by atoms with van der Waals surface area (Å²) in [4.78, 5) is 12.4. The Kier molecular flexibility index (Phi) is 4.88. The van der Waals surface area contributed by atoms with Gasteiger partial charge in [-0.2, -0.15) is 0 Å². The Hall–Kier alpha value is -1.56. The smallest absolute Gasteiger partial charge is 0.253 e. The lowest BCUT2D eigenvalue weighted by Crippen LogP contribution is -2.36. The molecule has 2 rings (SSSR count). The summed E-state index contributed by atoms with van der Waals surface area (Å²) in [6, 6.07) is 5.34. The van der Waals surface area contributed by atoms with Crippen LogP contribution in [0.1, 0.15) is 35.7 Å². The molecule has 0 radical (unpaired) electrons.